The zero-order chi connectivity index (χ0) is 14.0. The molecule has 2 heterocycles. The van der Waals surface area contributed by atoms with Crippen molar-refractivity contribution in [2.45, 2.75) is 31.5 Å². The van der Waals surface area contributed by atoms with E-state index in [0.29, 0.717) is 21.9 Å². The van der Waals surface area contributed by atoms with Gasteiger partial charge in [0.2, 0.25) is 0 Å². The van der Waals surface area contributed by atoms with Crippen molar-refractivity contribution in [1.82, 2.24) is 15.0 Å². The van der Waals surface area contributed by atoms with Gasteiger partial charge in [0.25, 0.3) is 6.43 Å². The predicted octanol–water partition coefficient (Wildman–Crippen LogP) is 3.50. The van der Waals surface area contributed by atoms with Crippen molar-refractivity contribution in [3.63, 3.8) is 0 Å². The van der Waals surface area contributed by atoms with E-state index in [2.05, 4.69) is 20.3 Å². The van der Waals surface area contributed by atoms with Crippen molar-refractivity contribution in [3.8, 4) is 0 Å². The molecule has 7 heteroatoms. The minimum atomic E-state index is -2.61. The Morgan fingerprint density at radius 1 is 1.26 bits per heavy atom. The van der Waals surface area contributed by atoms with Crippen LogP contribution in [0.25, 0.3) is 10.9 Å². The van der Waals surface area contributed by atoms with Crippen molar-refractivity contribution in [2.24, 2.45) is 0 Å². The first-order valence-electron chi connectivity index (χ1n) is 5.77. The maximum Gasteiger partial charge on any atom is 0.280 e. The number of thioether (sulfide) groups is 1. The average molecular weight is 284 g/mol. The molecule has 2 rings (SSSR count). The van der Waals surface area contributed by atoms with E-state index in [-0.39, 0.29) is 11.7 Å². The third-order valence-electron chi connectivity index (χ3n) is 2.40. The molecule has 0 aliphatic rings. The van der Waals surface area contributed by atoms with Crippen LogP contribution in [0.15, 0.2) is 17.4 Å². The summed E-state index contributed by atoms with van der Waals surface area (Å²) in [5, 5.41) is 4.20. The molecular weight excluding hydrogens is 270 g/mol. The number of alkyl halides is 2. The zero-order valence-electron chi connectivity index (χ0n) is 10.8. The monoisotopic (exact) mass is 284 g/mol. The summed E-state index contributed by atoms with van der Waals surface area (Å²) in [5.74, 6) is 0.375. The summed E-state index contributed by atoms with van der Waals surface area (Å²) in [4.78, 5) is 12.4. The molecule has 1 N–H and O–H groups in total. The Kier molecular flexibility index (Phi) is 4.14. The van der Waals surface area contributed by atoms with Crippen LogP contribution in [-0.4, -0.2) is 27.2 Å². The zero-order valence-corrected chi connectivity index (χ0v) is 11.6. The Bertz CT molecular complexity index is 589. The highest BCUT2D eigenvalue weighted by molar-refractivity contribution is 7.98. The van der Waals surface area contributed by atoms with Gasteiger partial charge in [0.1, 0.15) is 11.2 Å². The molecule has 102 valence electrons. The average Bonchev–Trinajstić information content (AvgIpc) is 2.37. The minimum Gasteiger partial charge on any atom is -0.366 e. The lowest BCUT2D eigenvalue weighted by atomic mass is 10.2. The van der Waals surface area contributed by atoms with Crippen molar-refractivity contribution in [3.05, 3.63) is 18.0 Å². The molecule has 4 nitrogen and oxygen atoms in total. The summed E-state index contributed by atoms with van der Waals surface area (Å²) >= 11 is 1.40. The van der Waals surface area contributed by atoms with Gasteiger partial charge >= 0.3 is 0 Å². The Balaban J connectivity index is 2.63. The maximum atomic E-state index is 12.8. The number of anilines is 1. The first kappa shape index (κ1) is 13.9. The number of halogens is 2. The van der Waals surface area contributed by atoms with Crippen LogP contribution in [0, 0.1) is 0 Å². The third kappa shape index (κ3) is 3.09. The lowest BCUT2D eigenvalue weighted by Crippen LogP contribution is -2.13. The number of pyridine rings is 1. The summed E-state index contributed by atoms with van der Waals surface area (Å²) in [7, 11) is 0. The van der Waals surface area contributed by atoms with Gasteiger partial charge in [-0.05, 0) is 26.2 Å². The minimum absolute atomic E-state index is 0.0799. The van der Waals surface area contributed by atoms with Gasteiger partial charge in [-0.25, -0.2) is 23.7 Å². The van der Waals surface area contributed by atoms with Crippen LogP contribution < -0.4 is 5.32 Å². The van der Waals surface area contributed by atoms with E-state index in [1.165, 1.54) is 17.8 Å². The van der Waals surface area contributed by atoms with Crippen LogP contribution in [0.5, 0.6) is 0 Å². The molecule has 0 spiro atoms. The van der Waals surface area contributed by atoms with Crippen molar-refractivity contribution in [2.75, 3.05) is 11.6 Å². The lowest BCUT2D eigenvalue weighted by molar-refractivity contribution is 0.146. The van der Waals surface area contributed by atoms with Crippen LogP contribution in [0.4, 0.5) is 14.6 Å². The first-order valence-corrected chi connectivity index (χ1v) is 7.00. The van der Waals surface area contributed by atoms with Crippen LogP contribution in [0.3, 0.4) is 0 Å². The molecule has 0 aliphatic heterocycles. The molecule has 2 aromatic heterocycles. The van der Waals surface area contributed by atoms with E-state index < -0.39 is 6.43 Å². The molecule has 0 atom stereocenters. The molecule has 0 amide bonds. The van der Waals surface area contributed by atoms with Crippen LogP contribution in [-0.2, 0) is 0 Å². The van der Waals surface area contributed by atoms with Gasteiger partial charge in [0, 0.05) is 17.6 Å². The normalized spacial score (nSPS) is 11.5. The Morgan fingerprint density at radius 2 is 2.00 bits per heavy atom. The number of fused-ring (bicyclic) bond motifs is 1. The van der Waals surface area contributed by atoms with Gasteiger partial charge in [0.15, 0.2) is 11.0 Å². The lowest BCUT2D eigenvalue weighted by Gasteiger charge is -2.13. The van der Waals surface area contributed by atoms with Crippen LogP contribution in [0.1, 0.15) is 26.0 Å². The topological polar surface area (TPSA) is 50.7 Å². The van der Waals surface area contributed by atoms with Gasteiger partial charge in [-0.15, -0.1) is 0 Å². The quantitative estimate of drug-likeness (QED) is 0.688. The van der Waals surface area contributed by atoms with Gasteiger partial charge in [-0.1, -0.05) is 11.8 Å². The molecule has 0 bridgehead atoms. The highest BCUT2D eigenvalue weighted by Crippen LogP contribution is 2.27. The SMILES string of the molecule is CSc1ncc2cc(C(F)F)nc(NC(C)C)c2n1. The van der Waals surface area contributed by atoms with Gasteiger partial charge in [-0.2, -0.15) is 0 Å². The Morgan fingerprint density at radius 3 is 2.58 bits per heavy atom. The molecule has 19 heavy (non-hydrogen) atoms. The third-order valence-corrected chi connectivity index (χ3v) is 2.96. The summed E-state index contributed by atoms with van der Waals surface area (Å²) < 4.78 is 25.6. The Labute approximate surface area is 114 Å². The number of nitrogens with one attached hydrogen (secondary N) is 1. The standard InChI is InChI=1S/C12H14F2N4S/c1-6(2)16-11-9-7(4-8(17-11)10(13)14)5-15-12(18-9)19-3/h4-6,10H,1-3H3,(H,16,17). The van der Waals surface area contributed by atoms with E-state index in [0.717, 1.165) is 0 Å². The summed E-state index contributed by atoms with van der Waals surface area (Å²) in [6.07, 6.45) is 0.794. The van der Waals surface area contributed by atoms with Crippen LogP contribution in [0.2, 0.25) is 0 Å². The Hall–Kier alpha value is -1.50. The largest absolute Gasteiger partial charge is 0.366 e. The molecule has 0 unspecified atom stereocenters. The second-order valence-corrected chi connectivity index (χ2v) is 5.06. The van der Waals surface area contributed by atoms with Gasteiger partial charge < -0.3 is 5.32 Å². The molecule has 0 saturated heterocycles. The van der Waals surface area contributed by atoms with E-state index in [4.69, 9.17) is 0 Å². The highest BCUT2D eigenvalue weighted by Gasteiger charge is 2.15. The molecular formula is C12H14F2N4S. The van der Waals surface area contributed by atoms with E-state index in [1.54, 1.807) is 6.20 Å². The molecule has 0 fully saturated rings. The smallest absolute Gasteiger partial charge is 0.280 e. The predicted molar refractivity (Wildman–Crippen MR) is 72.8 cm³/mol. The number of hydrogen-bond donors (Lipinski definition) is 1. The summed E-state index contributed by atoms with van der Waals surface area (Å²) in [6.45, 7) is 3.83. The van der Waals surface area contributed by atoms with Crippen molar-refractivity contribution < 1.29 is 8.78 Å². The molecule has 0 saturated carbocycles. The fourth-order valence-electron chi connectivity index (χ4n) is 1.63. The van der Waals surface area contributed by atoms with E-state index in [9.17, 15) is 8.78 Å². The van der Waals surface area contributed by atoms with Crippen molar-refractivity contribution >= 4 is 28.5 Å². The van der Waals surface area contributed by atoms with E-state index in [1.807, 2.05) is 20.1 Å². The molecule has 0 aliphatic carbocycles. The second kappa shape index (κ2) is 5.64. The fourth-order valence-corrected chi connectivity index (χ4v) is 1.97. The molecule has 2 aromatic rings. The first-order chi connectivity index (χ1) is 9.01. The highest BCUT2D eigenvalue weighted by atomic mass is 32.2. The number of hydrogen-bond acceptors (Lipinski definition) is 5. The number of aromatic nitrogens is 3. The van der Waals surface area contributed by atoms with Gasteiger partial charge in [0.05, 0.1) is 0 Å². The maximum absolute atomic E-state index is 12.8. The fraction of sp³-hybridized carbons (Fsp3) is 0.417. The van der Waals surface area contributed by atoms with Gasteiger partial charge in [-0.3, -0.25) is 0 Å². The van der Waals surface area contributed by atoms with Crippen molar-refractivity contribution in [1.29, 1.82) is 0 Å². The molecule has 0 aromatic carbocycles. The van der Waals surface area contributed by atoms with Crippen LogP contribution >= 0.6 is 11.8 Å². The number of rotatable bonds is 4. The molecule has 0 radical (unpaired) electrons. The van der Waals surface area contributed by atoms with E-state index >= 15 is 0 Å². The second-order valence-electron chi connectivity index (χ2n) is 4.29. The summed E-state index contributed by atoms with van der Waals surface area (Å²) in [6, 6.07) is 1.41. The number of nitrogens with zero attached hydrogens (tertiary/aromatic N) is 3. The summed E-state index contributed by atoms with van der Waals surface area (Å²) in [5.41, 5.74) is 0.300.